The van der Waals surface area contributed by atoms with Crippen LogP contribution in [0.4, 0.5) is 0 Å². The predicted octanol–water partition coefficient (Wildman–Crippen LogP) is 4.48. The third-order valence-corrected chi connectivity index (χ3v) is 4.52. The Morgan fingerprint density at radius 3 is 2.56 bits per heavy atom. The average molecular weight is 363 g/mol. The highest BCUT2D eigenvalue weighted by molar-refractivity contribution is 5.94. The summed E-state index contributed by atoms with van der Waals surface area (Å²) in [4.78, 5) is 12.4. The summed E-state index contributed by atoms with van der Waals surface area (Å²) in [5, 5.41) is 15.4. The van der Waals surface area contributed by atoms with Gasteiger partial charge in [0.15, 0.2) is 0 Å². The minimum Gasteiger partial charge on any atom is -0.494 e. The van der Waals surface area contributed by atoms with E-state index in [1.807, 2.05) is 42.5 Å². The molecule has 3 rings (SSSR count). The summed E-state index contributed by atoms with van der Waals surface area (Å²) in [6, 6.07) is 20.8. The first kappa shape index (κ1) is 18.9. The number of carbonyl (C=O) groups is 1. The van der Waals surface area contributed by atoms with Gasteiger partial charge in [-0.3, -0.25) is 4.79 Å². The highest BCUT2D eigenvalue weighted by atomic mass is 16.5. The van der Waals surface area contributed by atoms with Crippen LogP contribution in [-0.2, 0) is 0 Å². The van der Waals surface area contributed by atoms with E-state index < -0.39 is 6.10 Å². The Kier molecular flexibility index (Phi) is 6.44. The second-order valence-corrected chi connectivity index (χ2v) is 6.52. The number of ether oxygens (including phenoxy) is 1. The minimum absolute atomic E-state index is 0.154. The maximum atomic E-state index is 12.4. The summed E-state index contributed by atoms with van der Waals surface area (Å²) in [5.74, 6) is 0.546. The lowest BCUT2D eigenvalue weighted by Gasteiger charge is -2.15. The van der Waals surface area contributed by atoms with Crippen LogP contribution in [0.15, 0.2) is 66.7 Å². The lowest BCUT2D eigenvalue weighted by atomic mass is 10.0. The number of aliphatic hydroxyl groups excluding tert-OH is 1. The lowest BCUT2D eigenvalue weighted by Crippen LogP contribution is -2.28. The molecule has 0 aliphatic rings. The van der Waals surface area contributed by atoms with Gasteiger partial charge >= 0.3 is 0 Å². The topological polar surface area (TPSA) is 58.6 Å². The molecule has 4 heteroatoms. The third-order valence-electron chi connectivity index (χ3n) is 4.52. The number of amides is 1. The molecule has 4 nitrogen and oxygen atoms in total. The minimum atomic E-state index is -0.767. The normalized spacial score (nSPS) is 11.9. The second kappa shape index (κ2) is 9.19. The lowest BCUT2D eigenvalue weighted by molar-refractivity contribution is 0.0917. The van der Waals surface area contributed by atoms with E-state index in [0.717, 1.165) is 34.9 Å². The zero-order valence-corrected chi connectivity index (χ0v) is 15.5. The fraction of sp³-hybridized carbons (Fsp3) is 0.261. The van der Waals surface area contributed by atoms with Gasteiger partial charge in [-0.2, -0.15) is 0 Å². The van der Waals surface area contributed by atoms with Crippen molar-refractivity contribution in [3.05, 3.63) is 77.9 Å². The zero-order chi connectivity index (χ0) is 19.1. The Balaban J connectivity index is 1.59. The van der Waals surface area contributed by atoms with Crippen LogP contribution in [0.2, 0.25) is 0 Å². The Morgan fingerprint density at radius 2 is 1.78 bits per heavy atom. The van der Waals surface area contributed by atoms with Gasteiger partial charge in [0, 0.05) is 12.1 Å². The SMILES string of the molecule is CCCCOc1ccc(C(=O)NC[C@@H](O)c2cccc3ccccc23)cc1. The van der Waals surface area contributed by atoms with Crippen LogP contribution in [0.5, 0.6) is 5.75 Å². The summed E-state index contributed by atoms with van der Waals surface area (Å²) >= 11 is 0. The average Bonchev–Trinajstić information content (AvgIpc) is 2.72. The van der Waals surface area contributed by atoms with Crippen molar-refractivity contribution >= 4 is 16.7 Å². The largest absolute Gasteiger partial charge is 0.494 e. The highest BCUT2D eigenvalue weighted by Crippen LogP contribution is 2.24. The van der Waals surface area contributed by atoms with E-state index in [4.69, 9.17) is 4.74 Å². The van der Waals surface area contributed by atoms with E-state index in [0.29, 0.717) is 12.2 Å². The molecule has 3 aromatic rings. The van der Waals surface area contributed by atoms with Crippen LogP contribution in [0.3, 0.4) is 0 Å². The number of nitrogens with one attached hydrogen (secondary N) is 1. The Bertz CT molecular complexity index is 884. The van der Waals surface area contributed by atoms with Crippen LogP contribution in [0, 0.1) is 0 Å². The molecular formula is C23H25NO3. The van der Waals surface area contributed by atoms with Crippen LogP contribution < -0.4 is 10.1 Å². The maximum absolute atomic E-state index is 12.4. The molecule has 140 valence electrons. The number of benzene rings is 3. The molecule has 0 fully saturated rings. The summed E-state index contributed by atoms with van der Waals surface area (Å²) in [7, 11) is 0. The molecule has 0 heterocycles. The molecule has 0 aromatic heterocycles. The summed E-state index contributed by atoms with van der Waals surface area (Å²) in [6.07, 6.45) is 1.32. The predicted molar refractivity (Wildman–Crippen MR) is 108 cm³/mol. The van der Waals surface area contributed by atoms with Crippen LogP contribution >= 0.6 is 0 Å². The molecule has 0 bridgehead atoms. The van der Waals surface area contributed by atoms with Gasteiger partial charge in [0.2, 0.25) is 0 Å². The Hall–Kier alpha value is -2.85. The Labute approximate surface area is 159 Å². The van der Waals surface area contributed by atoms with Gasteiger partial charge in [-0.25, -0.2) is 0 Å². The molecule has 3 aromatic carbocycles. The molecule has 1 atom stereocenters. The number of aliphatic hydroxyl groups is 1. The molecule has 0 aliphatic heterocycles. The first-order chi connectivity index (χ1) is 13.2. The van der Waals surface area contributed by atoms with Crippen molar-refractivity contribution in [2.45, 2.75) is 25.9 Å². The van der Waals surface area contributed by atoms with Crippen LogP contribution in [-0.4, -0.2) is 24.2 Å². The van der Waals surface area contributed by atoms with E-state index in [1.165, 1.54) is 0 Å². The van der Waals surface area contributed by atoms with E-state index in [2.05, 4.69) is 12.2 Å². The molecular weight excluding hydrogens is 338 g/mol. The molecule has 0 saturated heterocycles. The van der Waals surface area contributed by atoms with Crippen LogP contribution in [0.25, 0.3) is 10.8 Å². The van der Waals surface area contributed by atoms with Crippen LogP contribution in [0.1, 0.15) is 41.8 Å². The number of hydrogen-bond donors (Lipinski definition) is 2. The van der Waals surface area contributed by atoms with Crippen molar-refractivity contribution in [2.75, 3.05) is 13.2 Å². The van der Waals surface area contributed by atoms with Crippen molar-refractivity contribution in [2.24, 2.45) is 0 Å². The first-order valence-corrected chi connectivity index (χ1v) is 9.36. The van der Waals surface area contributed by atoms with Gasteiger partial charge in [-0.15, -0.1) is 0 Å². The second-order valence-electron chi connectivity index (χ2n) is 6.52. The quantitative estimate of drug-likeness (QED) is 0.580. The van der Waals surface area contributed by atoms with E-state index in [1.54, 1.807) is 24.3 Å². The first-order valence-electron chi connectivity index (χ1n) is 9.36. The number of fused-ring (bicyclic) bond motifs is 1. The van der Waals surface area contributed by atoms with Gasteiger partial charge in [-0.05, 0) is 47.0 Å². The fourth-order valence-electron chi connectivity index (χ4n) is 2.98. The van der Waals surface area contributed by atoms with Gasteiger partial charge in [0.05, 0.1) is 12.7 Å². The van der Waals surface area contributed by atoms with Gasteiger partial charge in [0.1, 0.15) is 5.75 Å². The zero-order valence-electron chi connectivity index (χ0n) is 15.5. The molecule has 0 unspecified atom stereocenters. The molecule has 27 heavy (non-hydrogen) atoms. The smallest absolute Gasteiger partial charge is 0.251 e. The number of rotatable bonds is 8. The van der Waals surface area contributed by atoms with Crippen molar-refractivity contribution < 1.29 is 14.6 Å². The monoisotopic (exact) mass is 363 g/mol. The van der Waals surface area contributed by atoms with E-state index in [-0.39, 0.29) is 12.5 Å². The molecule has 1 amide bonds. The van der Waals surface area contributed by atoms with Crippen molar-refractivity contribution in [1.29, 1.82) is 0 Å². The van der Waals surface area contributed by atoms with Gasteiger partial charge < -0.3 is 15.2 Å². The fourth-order valence-corrected chi connectivity index (χ4v) is 2.98. The summed E-state index contributed by atoms with van der Waals surface area (Å²) in [6.45, 7) is 2.95. The standard InChI is InChI=1S/C23H25NO3/c1-2-3-15-27-19-13-11-18(12-14-19)23(26)24-16-22(25)21-10-6-8-17-7-4-5-9-20(17)21/h4-14,22,25H,2-3,15-16H2,1H3,(H,24,26)/t22-/m1/s1. The van der Waals surface area contributed by atoms with E-state index in [9.17, 15) is 9.90 Å². The van der Waals surface area contributed by atoms with Gasteiger partial charge in [0.25, 0.3) is 5.91 Å². The molecule has 0 aliphatic carbocycles. The number of hydrogen-bond acceptors (Lipinski definition) is 3. The Morgan fingerprint density at radius 1 is 1.04 bits per heavy atom. The molecule has 0 spiro atoms. The molecule has 0 saturated carbocycles. The third kappa shape index (κ3) is 4.86. The maximum Gasteiger partial charge on any atom is 0.251 e. The highest BCUT2D eigenvalue weighted by Gasteiger charge is 2.13. The van der Waals surface area contributed by atoms with Crippen molar-refractivity contribution in [1.82, 2.24) is 5.32 Å². The molecule has 2 N–H and O–H groups in total. The van der Waals surface area contributed by atoms with Crippen molar-refractivity contribution in [3.63, 3.8) is 0 Å². The van der Waals surface area contributed by atoms with Crippen molar-refractivity contribution in [3.8, 4) is 5.75 Å². The summed E-state index contributed by atoms with van der Waals surface area (Å²) in [5.41, 5.74) is 1.36. The number of unbranched alkanes of at least 4 members (excludes halogenated alkanes) is 1. The van der Waals surface area contributed by atoms with Gasteiger partial charge in [-0.1, -0.05) is 55.8 Å². The summed E-state index contributed by atoms with van der Waals surface area (Å²) < 4.78 is 5.61. The number of carbonyl (C=O) groups excluding carboxylic acids is 1. The van der Waals surface area contributed by atoms with E-state index >= 15 is 0 Å². The molecule has 0 radical (unpaired) electrons.